The molecule has 8 heteroatoms. The van der Waals surface area contributed by atoms with Crippen molar-refractivity contribution in [2.24, 2.45) is 0 Å². The van der Waals surface area contributed by atoms with Crippen molar-refractivity contribution >= 4 is 37.5 Å². The predicted octanol–water partition coefficient (Wildman–Crippen LogP) is 4.37. The summed E-state index contributed by atoms with van der Waals surface area (Å²) in [6, 6.07) is 12.4. The Bertz CT molecular complexity index is 1050. The number of sulfonamides is 1. The molecule has 2 aliphatic rings. The first kappa shape index (κ1) is 22.3. The zero-order valence-corrected chi connectivity index (χ0v) is 20.0. The van der Waals surface area contributed by atoms with E-state index < -0.39 is 10.0 Å². The highest BCUT2D eigenvalue weighted by molar-refractivity contribution is 9.10. The van der Waals surface area contributed by atoms with Crippen molar-refractivity contribution in [3.63, 3.8) is 0 Å². The van der Waals surface area contributed by atoms with E-state index in [1.807, 2.05) is 25.1 Å². The van der Waals surface area contributed by atoms with Gasteiger partial charge in [-0.15, -0.1) is 0 Å². The number of fused-ring (bicyclic) bond motifs is 1. The first-order valence-electron chi connectivity index (χ1n) is 10.7. The predicted molar refractivity (Wildman–Crippen MR) is 124 cm³/mol. The molecule has 2 aliphatic heterocycles. The average Bonchev–Trinajstić information content (AvgIpc) is 2.92. The van der Waals surface area contributed by atoms with Crippen LogP contribution in [0.25, 0.3) is 0 Å². The molecule has 1 saturated heterocycles. The largest absolute Gasteiger partial charge is 0.484 e. The molecule has 1 fully saturated rings. The number of hydrogen-bond acceptors (Lipinski definition) is 4. The Morgan fingerprint density at radius 3 is 2.42 bits per heavy atom. The van der Waals surface area contributed by atoms with E-state index in [1.165, 1.54) is 0 Å². The van der Waals surface area contributed by atoms with Crippen LogP contribution in [-0.2, 0) is 21.2 Å². The van der Waals surface area contributed by atoms with Crippen LogP contribution in [0.4, 0.5) is 5.69 Å². The lowest BCUT2D eigenvalue weighted by atomic mass is 10.1. The fraction of sp³-hybridized carbons (Fsp3) is 0.435. The summed E-state index contributed by atoms with van der Waals surface area (Å²) >= 11 is 3.48. The lowest BCUT2D eigenvalue weighted by molar-refractivity contribution is -0.120. The summed E-state index contributed by atoms with van der Waals surface area (Å²) in [6.07, 6.45) is 4.76. The Labute approximate surface area is 192 Å². The van der Waals surface area contributed by atoms with Crippen molar-refractivity contribution in [2.75, 3.05) is 24.6 Å². The lowest BCUT2D eigenvalue weighted by Crippen LogP contribution is -2.39. The van der Waals surface area contributed by atoms with E-state index in [9.17, 15) is 13.2 Å². The van der Waals surface area contributed by atoms with Gasteiger partial charge in [-0.3, -0.25) is 4.79 Å². The number of halogens is 1. The summed E-state index contributed by atoms with van der Waals surface area (Å²) in [4.78, 5) is 14.9. The van der Waals surface area contributed by atoms with Crippen LogP contribution < -0.4 is 9.64 Å². The fourth-order valence-corrected chi connectivity index (χ4v) is 6.26. The minimum absolute atomic E-state index is 0.0709. The van der Waals surface area contributed by atoms with Crippen LogP contribution in [0.5, 0.6) is 5.75 Å². The standard InChI is InChI=1S/C23H27BrN2O4S/c1-17-14-18-15-19(24)6-11-22(18)26(17)23(27)16-30-20-7-9-21(10-8-20)31(28,29)25-12-4-2-3-5-13-25/h6-11,15,17H,2-5,12-14,16H2,1H3/t17-/m1/s1. The van der Waals surface area contributed by atoms with Gasteiger partial charge in [0.2, 0.25) is 10.0 Å². The Hall–Kier alpha value is -1.90. The number of carbonyl (C=O) groups excluding carboxylic acids is 1. The Kier molecular flexibility index (Phi) is 6.69. The minimum atomic E-state index is -3.49. The van der Waals surface area contributed by atoms with E-state index in [1.54, 1.807) is 33.5 Å². The Balaban J connectivity index is 1.40. The van der Waals surface area contributed by atoms with Crippen LogP contribution in [0.1, 0.15) is 38.2 Å². The van der Waals surface area contributed by atoms with Gasteiger partial charge in [0, 0.05) is 29.3 Å². The molecular weight excluding hydrogens is 480 g/mol. The van der Waals surface area contributed by atoms with Crippen LogP contribution in [-0.4, -0.2) is 44.4 Å². The number of anilines is 1. The van der Waals surface area contributed by atoms with E-state index in [2.05, 4.69) is 15.9 Å². The van der Waals surface area contributed by atoms with Crippen LogP contribution in [0.2, 0.25) is 0 Å². The van der Waals surface area contributed by atoms with Gasteiger partial charge in [0.05, 0.1) is 4.90 Å². The molecule has 2 aromatic carbocycles. The zero-order valence-electron chi connectivity index (χ0n) is 17.6. The van der Waals surface area contributed by atoms with E-state index in [0.717, 1.165) is 47.8 Å². The van der Waals surface area contributed by atoms with E-state index in [4.69, 9.17) is 4.74 Å². The van der Waals surface area contributed by atoms with E-state index >= 15 is 0 Å². The minimum Gasteiger partial charge on any atom is -0.484 e. The van der Waals surface area contributed by atoms with Crippen molar-refractivity contribution in [1.29, 1.82) is 0 Å². The number of ether oxygens (including phenoxy) is 1. The quantitative estimate of drug-likeness (QED) is 0.603. The molecule has 0 radical (unpaired) electrons. The topological polar surface area (TPSA) is 66.9 Å². The molecule has 0 aromatic heterocycles. The molecule has 2 heterocycles. The number of benzene rings is 2. The summed E-state index contributed by atoms with van der Waals surface area (Å²) < 4.78 is 34.0. The second kappa shape index (κ2) is 9.30. The van der Waals surface area contributed by atoms with Crippen LogP contribution in [0.3, 0.4) is 0 Å². The lowest BCUT2D eigenvalue weighted by Gasteiger charge is -2.23. The highest BCUT2D eigenvalue weighted by Gasteiger charge is 2.31. The molecular formula is C23H27BrN2O4S. The summed E-state index contributed by atoms with van der Waals surface area (Å²) in [5.74, 6) is 0.362. The summed E-state index contributed by atoms with van der Waals surface area (Å²) in [7, 11) is -3.49. The molecule has 1 atom stereocenters. The fourth-order valence-electron chi connectivity index (χ4n) is 4.33. The van der Waals surface area contributed by atoms with Gasteiger partial charge in [-0.25, -0.2) is 8.42 Å². The van der Waals surface area contributed by atoms with Gasteiger partial charge in [0.1, 0.15) is 5.75 Å². The van der Waals surface area contributed by atoms with Gasteiger partial charge < -0.3 is 9.64 Å². The van der Waals surface area contributed by atoms with Gasteiger partial charge in [-0.05, 0) is 74.2 Å². The SMILES string of the molecule is C[C@@H]1Cc2cc(Br)ccc2N1C(=O)COc1ccc(S(=O)(=O)N2CCCCCC2)cc1. The summed E-state index contributed by atoms with van der Waals surface area (Å²) in [5, 5.41) is 0. The smallest absolute Gasteiger partial charge is 0.265 e. The third kappa shape index (κ3) is 4.81. The van der Waals surface area contributed by atoms with Gasteiger partial charge in [0.25, 0.3) is 5.91 Å². The molecule has 0 bridgehead atoms. The van der Waals surface area contributed by atoms with Crippen LogP contribution in [0, 0.1) is 0 Å². The maximum atomic E-state index is 12.9. The van der Waals surface area contributed by atoms with E-state index in [0.29, 0.717) is 18.8 Å². The highest BCUT2D eigenvalue weighted by atomic mass is 79.9. The summed E-state index contributed by atoms with van der Waals surface area (Å²) in [5.41, 5.74) is 2.06. The highest BCUT2D eigenvalue weighted by Crippen LogP contribution is 2.34. The molecule has 0 spiro atoms. The monoisotopic (exact) mass is 506 g/mol. The number of nitrogens with zero attached hydrogens (tertiary/aromatic N) is 2. The first-order valence-corrected chi connectivity index (χ1v) is 12.9. The Morgan fingerprint density at radius 2 is 1.74 bits per heavy atom. The van der Waals surface area contributed by atoms with Crippen LogP contribution >= 0.6 is 15.9 Å². The first-order chi connectivity index (χ1) is 14.9. The molecule has 31 heavy (non-hydrogen) atoms. The third-order valence-electron chi connectivity index (χ3n) is 5.91. The van der Waals surface area contributed by atoms with Crippen molar-refractivity contribution in [2.45, 2.75) is 50.0 Å². The molecule has 0 saturated carbocycles. The second-order valence-corrected chi connectivity index (χ2v) is 11.0. The number of carbonyl (C=O) groups is 1. The van der Waals surface area contributed by atoms with Gasteiger partial charge in [-0.1, -0.05) is 28.8 Å². The maximum Gasteiger partial charge on any atom is 0.265 e. The summed E-state index contributed by atoms with van der Waals surface area (Å²) in [6.45, 7) is 3.06. The second-order valence-electron chi connectivity index (χ2n) is 8.17. The van der Waals surface area contributed by atoms with Gasteiger partial charge in [-0.2, -0.15) is 4.31 Å². The molecule has 166 valence electrons. The van der Waals surface area contributed by atoms with Gasteiger partial charge in [0.15, 0.2) is 6.61 Å². The van der Waals surface area contributed by atoms with Crippen molar-refractivity contribution < 1.29 is 17.9 Å². The normalized spacial score (nSPS) is 19.7. The van der Waals surface area contributed by atoms with Crippen molar-refractivity contribution in [1.82, 2.24) is 4.31 Å². The van der Waals surface area contributed by atoms with E-state index in [-0.39, 0.29) is 23.5 Å². The molecule has 1 amide bonds. The number of hydrogen-bond donors (Lipinski definition) is 0. The molecule has 0 aliphatic carbocycles. The third-order valence-corrected chi connectivity index (χ3v) is 8.32. The average molecular weight is 507 g/mol. The molecule has 0 N–H and O–H groups in total. The van der Waals surface area contributed by atoms with Crippen LogP contribution in [0.15, 0.2) is 51.8 Å². The zero-order chi connectivity index (χ0) is 22.0. The van der Waals surface area contributed by atoms with Gasteiger partial charge >= 0.3 is 0 Å². The number of amides is 1. The van der Waals surface area contributed by atoms with Crippen molar-refractivity contribution in [3.05, 3.63) is 52.5 Å². The maximum absolute atomic E-state index is 12.9. The van der Waals surface area contributed by atoms with Crippen molar-refractivity contribution in [3.8, 4) is 5.75 Å². The molecule has 2 aromatic rings. The Morgan fingerprint density at radius 1 is 1.06 bits per heavy atom. The number of rotatable bonds is 5. The molecule has 6 nitrogen and oxygen atoms in total. The molecule has 0 unspecified atom stereocenters. The molecule has 4 rings (SSSR count).